The molecule has 0 aliphatic rings. The summed E-state index contributed by atoms with van der Waals surface area (Å²) < 4.78 is 0. The number of pyridine rings is 1. The van der Waals surface area contributed by atoms with Gasteiger partial charge in [0.05, 0.1) is 0 Å². The van der Waals surface area contributed by atoms with E-state index in [4.69, 9.17) is 0 Å². The Morgan fingerprint density at radius 2 is 1.93 bits per heavy atom. The van der Waals surface area contributed by atoms with E-state index < -0.39 is 6.10 Å². The lowest BCUT2D eigenvalue weighted by Gasteiger charge is -2.07. The van der Waals surface area contributed by atoms with Crippen LogP contribution in [0.2, 0.25) is 0 Å². The van der Waals surface area contributed by atoms with Crippen LogP contribution < -0.4 is 0 Å². The summed E-state index contributed by atoms with van der Waals surface area (Å²) in [7, 11) is 0. The standard InChI is InChI=1S/C11H11NOS/c1-8-2-3-10(14-8)11(13)9-4-6-12-7-5-9/h2-7,11,13H,1H3. The van der Waals surface area contributed by atoms with Crippen LogP contribution in [0.5, 0.6) is 0 Å². The third kappa shape index (κ3) is 1.84. The fourth-order valence-electron chi connectivity index (χ4n) is 1.31. The van der Waals surface area contributed by atoms with E-state index in [1.807, 2.05) is 31.2 Å². The molecule has 2 nitrogen and oxygen atoms in total. The van der Waals surface area contributed by atoms with Crippen LogP contribution in [0, 0.1) is 6.92 Å². The van der Waals surface area contributed by atoms with E-state index in [1.54, 1.807) is 23.7 Å². The van der Waals surface area contributed by atoms with E-state index >= 15 is 0 Å². The minimum atomic E-state index is -0.517. The highest BCUT2D eigenvalue weighted by Crippen LogP contribution is 2.27. The maximum Gasteiger partial charge on any atom is 0.113 e. The predicted octanol–water partition coefficient (Wildman–Crippen LogP) is 2.53. The molecular weight excluding hydrogens is 194 g/mol. The molecule has 0 saturated carbocycles. The number of aliphatic hydroxyl groups excluding tert-OH is 1. The first-order chi connectivity index (χ1) is 6.77. The molecule has 2 heterocycles. The van der Waals surface area contributed by atoms with Gasteiger partial charge in [0.2, 0.25) is 0 Å². The first-order valence-corrected chi connectivity index (χ1v) is 5.23. The lowest BCUT2D eigenvalue weighted by molar-refractivity contribution is 0.224. The van der Waals surface area contributed by atoms with Crippen molar-refractivity contribution in [3.05, 3.63) is 52.0 Å². The van der Waals surface area contributed by atoms with Gasteiger partial charge < -0.3 is 5.11 Å². The number of rotatable bonds is 2. The first-order valence-electron chi connectivity index (χ1n) is 4.41. The Kier molecular flexibility index (Phi) is 2.61. The molecule has 14 heavy (non-hydrogen) atoms. The molecule has 0 radical (unpaired) electrons. The average molecular weight is 205 g/mol. The summed E-state index contributed by atoms with van der Waals surface area (Å²) >= 11 is 1.62. The van der Waals surface area contributed by atoms with Crippen LogP contribution in [-0.2, 0) is 0 Å². The molecule has 0 spiro atoms. The topological polar surface area (TPSA) is 33.1 Å². The molecule has 0 bridgehead atoms. The average Bonchev–Trinajstić information content (AvgIpc) is 2.65. The largest absolute Gasteiger partial charge is 0.383 e. The molecule has 72 valence electrons. The summed E-state index contributed by atoms with van der Waals surface area (Å²) in [5.74, 6) is 0. The molecule has 0 aliphatic heterocycles. The first kappa shape index (κ1) is 9.37. The van der Waals surface area contributed by atoms with Gasteiger partial charge >= 0.3 is 0 Å². The summed E-state index contributed by atoms with van der Waals surface area (Å²) in [6.45, 7) is 2.04. The summed E-state index contributed by atoms with van der Waals surface area (Å²) in [4.78, 5) is 6.12. The second-order valence-corrected chi connectivity index (χ2v) is 4.45. The van der Waals surface area contributed by atoms with E-state index in [-0.39, 0.29) is 0 Å². The van der Waals surface area contributed by atoms with E-state index in [2.05, 4.69) is 4.98 Å². The summed E-state index contributed by atoms with van der Waals surface area (Å²) in [6, 6.07) is 7.65. The highest BCUT2D eigenvalue weighted by molar-refractivity contribution is 7.12. The Labute approximate surface area is 86.9 Å². The number of aromatic nitrogens is 1. The lowest BCUT2D eigenvalue weighted by Crippen LogP contribution is -1.96. The van der Waals surface area contributed by atoms with Crippen molar-refractivity contribution in [3.63, 3.8) is 0 Å². The number of hydrogen-bond donors (Lipinski definition) is 1. The maximum absolute atomic E-state index is 9.99. The number of nitrogens with zero attached hydrogens (tertiary/aromatic N) is 1. The Balaban J connectivity index is 2.29. The van der Waals surface area contributed by atoms with Gasteiger partial charge in [-0.25, -0.2) is 0 Å². The van der Waals surface area contributed by atoms with Crippen molar-refractivity contribution >= 4 is 11.3 Å². The van der Waals surface area contributed by atoms with Gasteiger partial charge in [0.15, 0.2) is 0 Å². The van der Waals surface area contributed by atoms with Crippen molar-refractivity contribution in [2.24, 2.45) is 0 Å². The molecule has 0 aromatic carbocycles. The number of hydrogen-bond acceptors (Lipinski definition) is 3. The number of aliphatic hydroxyl groups is 1. The zero-order valence-corrected chi connectivity index (χ0v) is 8.66. The van der Waals surface area contributed by atoms with Gasteiger partial charge in [-0.15, -0.1) is 11.3 Å². The maximum atomic E-state index is 9.99. The third-order valence-electron chi connectivity index (χ3n) is 2.05. The third-order valence-corrected chi connectivity index (χ3v) is 3.11. The molecule has 0 fully saturated rings. The molecule has 1 N–H and O–H groups in total. The van der Waals surface area contributed by atoms with Crippen LogP contribution in [0.25, 0.3) is 0 Å². The van der Waals surface area contributed by atoms with E-state index in [9.17, 15) is 5.11 Å². The van der Waals surface area contributed by atoms with Crippen LogP contribution in [0.1, 0.15) is 21.4 Å². The van der Waals surface area contributed by atoms with Crippen molar-refractivity contribution in [1.29, 1.82) is 0 Å². The van der Waals surface area contributed by atoms with Gasteiger partial charge in [-0.3, -0.25) is 4.98 Å². The van der Waals surface area contributed by atoms with Crippen molar-refractivity contribution in [3.8, 4) is 0 Å². The molecule has 2 rings (SSSR count). The van der Waals surface area contributed by atoms with Crippen molar-refractivity contribution in [2.75, 3.05) is 0 Å². The van der Waals surface area contributed by atoms with Gasteiger partial charge in [0.1, 0.15) is 6.10 Å². The second-order valence-electron chi connectivity index (χ2n) is 3.13. The summed E-state index contributed by atoms with van der Waals surface area (Å²) in [5.41, 5.74) is 0.891. The summed E-state index contributed by atoms with van der Waals surface area (Å²) in [6.07, 6.45) is 2.87. The Morgan fingerprint density at radius 3 is 2.50 bits per heavy atom. The highest BCUT2D eigenvalue weighted by atomic mass is 32.1. The van der Waals surface area contributed by atoms with Crippen LogP contribution in [0.15, 0.2) is 36.7 Å². The van der Waals surface area contributed by atoms with Gasteiger partial charge in [-0.2, -0.15) is 0 Å². The van der Waals surface area contributed by atoms with Crippen molar-refractivity contribution in [1.82, 2.24) is 4.98 Å². The second kappa shape index (κ2) is 3.90. The van der Waals surface area contributed by atoms with E-state index in [0.29, 0.717) is 0 Å². The quantitative estimate of drug-likeness (QED) is 0.817. The van der Waals surface area contributed by atoms with E-state index in [0.717, 1.165) is 10.4 Å². The molecule has 1 atom stereocenters. The molecular formula is C11H11NOS. The van der Waals surface area contributed by atoms with Crippen molar-refractivity contribution < 1.29 is 5.11 Å². The zero-order chi connectivity index (χ0) is 9.97. The summed E-state index contributed by atoms with van der Waals surface area (Å²) in [5, 5.41) is 9.99. The van der Waals surface area contributed by atoms with Crippen LogP contribution in [0.3, 0.4) is 0 Å². The minimum Gasteiger partial charge on any atom is -0.383 e. The smallest absolute Gasteiger partial charge is 0.113 e. The van der Waals surface area contributed by atoms with Gasteiger partial charge in [-0.1, -0.05) is 0 Å². The number of thiophene rings is 1. The van der Waals surface area contributed by atoms with Crippen molar-refractivity contribution in [2.45, 2.75) is 13.0 Å². The molecule has 0 aliphatic carbocycles. The zero-order valence-electron chi connectivity index (χ0n) is 7.84. The molecule has 3 heteroatoms. The normalized spacial score (nSPS) is 12.7. The van der Waals surface area contributed by atoms with Gasteiger partial charge in [-0.05, 0) is 36.8 Å². The minimum absolute atomic E-state index is 0.517. The van der Waals surface area contributed by atoms with Crippen LogP contribution >= 0.6 is 11.3 Å². The molecule has 0 amide bonds. The van der Waals surface area contributed by atoms with Crippen LogP contribution in [-0.4, -0.2) is 10.1 Å². The predicted molar refractivity (Wildman–Crippen MR) is 57.4 cm³/mol. The fraction of sp³-hybridized carbons (Fsp3) is 0.182. The molecule has 2 aromatic heterocycles. The molecule has 0 saturated heterocycles. The monoisotopic (exact) mass is 205 g/mol. The van der Waals surface area contributed by atoms with Gasteiger partial charge in [0.25, 0.3) is 0 Å². The van der Waals surface area contributed by atoms with Crippen LogP contribution in [0.4, 0.5) is 0 Å². The highest BCUT2D eigenvalue weighted by Gasteiger charge is 2.11. The Morgan fingerprint density at radius 1 is 1.21 bits per heavy atom. The fourth-order valence-corrected chi connectivity index (χ4v) is 2.20. The molecule has 1 unspecified atom stereocenters. The molecule has 2 aromatic rings. The Hall–Kier alpha value is -1.19. The Bertz CT molecular complexity index is 410. The van der Waals surface area contributed by atoms with Gasteiger partial charge in [0, 0.05) is 22.1 Å². The van der Waals surface area contributed by atoms with E-state index in [1.165, 1.54) is 4.88 Å². The number of aryl methyl sites for hydroxylation is 1. The lowest BCUT2D eigenvalue weighted by atomic mass is 10.1. The SMILES string of the molecule is Cc1ccc(C(O)c2ccncc2)s1.